The monoisotopic (exact) mass is 262 g/mol. The Balaban J connectivity index is 2.24. The lowest BCUT2D eigenvalue weighted by atomic mass is 10.1. The van der Waals surface area contributed by atoms with Gasteiger partial charge in [0.15, 0.2) is 0 Å². The fraction of sp³-hybridized carbons (Fsp3) is 0.231. The van der Waals surface area contributed by atoms with E-state index in [1.807, 2.05) is 38.1 Å². The molecule has 0 amide bonds. The Morgan fingerprint density at radius 3 is 2.78 bits per heavy atom. The molecule has 2 rings (SSSR count). The average molecular weight is 263 g/mol. The molecular weight excluding hydrogens is 248 g/mol. The molecule has 3 N–H and O–H groups in total. The van der Waals surface area contributed by atoms with Crippen LogP contribution in [-0.4, -0.2) is 9.97 Å². The SMILES string of the molecule is Cc1cnc(N)nc1NC(C)c1ccccc1Cl. The van der Waals surface area contributed by atoms with Crippen LogP contribution in [0.4, 0.5) is 11.8 Å². The first-order chi connectivity index (χ1) is 8.58. The van der Waals surface area contributed by atoms with Gasteiger partial charge in [-0.05, 0) is 25.5 Å². The van der Waals surface area contributed by atoms with E-state index in [9.17, 15) is 0 Å². The van der Waals surface area contributed by atoms with E-state index in [4.69, 9.17) is 17.3 Å². The number of benzene rings is 1. The summed E-state index contributed by atoms with van der Waals surface area (Å²) in [6.45, 7) is 3.96. The van der Waals surface area contributed by atoms with E-state index in [1.165, 1.54) is 0 Å². The molecule has 4 nitrogen and oxygen atoms in total. The van der Waals surface area contributed by atoms with Crippen LogP contribution in [0.5, 0.6) is 0 Å². The molecule has 0 aliphatic rings. The molecule has 1 aromatic carbocycles. The second-order valence-corrected chi connectivity index (χ2v) is 4.55. The molecule has 0 aliphatic heterocycles. The summed E-state index contributed by atoms with van der Waals surface area (Å²) in [5.41, 5.74) is 7.55. The van der Waals surface area contributed by atoms with Crippen molar-refractivity contribution in [2.24, 2.45) is 0 Å². The van der Waals surface area contributed by atoms with Gasteiger partial charge >= 0.3 is 0 Å². The Hall–Kier alpha value is -1.81. The Morgan fingerprint density at radius 2 is 2.06 bits per heavy atom. The molecule has 0 radical (unpaired) electrons. The van der Waals surface area contributed by atoms with Crippen LogP contribution in [-0.2, 0) is 0 Å². The third-order valence-corrected chi connectivity index (χ3v) is 3.06. The Labute approximate surface area is 111 Å². The predicted octanol–water partition coefficient (Wildman–Crippen LogP) is 3.19. The molecule has 2 aromatic rings. The molecule has 0 aliphatic carbocycles. The maximum Gasteiger partial charge on any atom is 0.221 e. The second-order valence-electron chi connectivity index (χ2n) is 4.15. The van der Waals surface area contributed by atoms with E-state index in [2.05, 4.69) is 15.3 Å². The van der Waals surface area contributed by atoms with Crippen molar-refractivity contribution in [3.63, 3.8) is 0 Å². The highest BCUT2D eigenvalue weighted by atomic mass is 35.5. The van der Waals surface area contributed by atoms with Gasteiger partial charge in [-0.25, -0.2) is 4.98 Å². The zero-order valence-corrected chi connectivity index (χ0v) is 11.1. The summed E-state index contributed by atoms with van der Waals surface area (Å²) >= 11 is 6.16. The number of nitrogens with two attached hydrogens (primary N) is 1. The lowest BCUT2D eigenvalue weighted by molar-refractivity contribution is 0.869. The van der Waals surface area contributed by atoms with Crippen molar-refractivity contribution in [2.75, 3.05) is 11.1 Å². The van der Waals surface area contributed by atoms with E-state index < -0.39 is 0 Å². The maximum absolute atomic E-state index is 6.16. The van der Waals surface area contributed by atoms with Crippen molar-refractivity contribution in [2.45, 2.75) is 19.9 Å². The van der Waals surface area contributed by atoms with Gasteiger partial charge in [-0.3, -0.25) is 0 Å². The summed E-state index contributed by atoms with van der Waals surface area (Å²) in [5, 5.41) is 4.03. The summed E-state index contributed by atoms with van der Waals surface area (Å²) < 4.78 is 0. The predicted molar refractivity (Wildman–Crippen MR) is 74.7 cm³/mol. The van der Waals surface area contributed by atoms with Crippen molar-refractivity contribution in [1.82, 2.24) is 9.97 Å². The molecule has 94 valence electrons. The number of aryl methyl sites for hydroxylation is 1. The first-order valence-electron chi connectivity index (χ1n) is 5.68. The molecule has 1 atom stereocenters. The topological polar surface area (TPSA) is 63.8 Å². The highest BCUT2D eigenvalue weighted by molar-refractivity contribution is 6.31. The van der Waals surface area contributed by atoms with Crippen LogP contribution in [0, 0.1) is 6.92 Å². The van der Waals surface area contributed by atoms with Crippen LogP contribution in [0.2, 0.25) is 5.02 Å². The van der Waals surface area contributed by atoms with E-state index in [0.29, 0.717) is 0 Å². The molecule has 0 bridgehead atoms. The van der Waals surface area contributed by atoms with Crippen molar-refractivity contribution in [3.8, 4) is 0 Å². The van der Waals surface area contributed by atoms with Crippen molar-refractivity contribution in [3.05, 3.63) is 46.6 Å². The Morgan fingerprint density at radius 1 is 1.33 bits per heavy atom. The van der Waals surface area contributed by atoms with E-state index in [-0.39, 0.29) is 12.0 Å². The number of nitrogens with zero attached hydrogens (tertiary/aromatic N) is 2. The summed E-state index contributed by atoms with van der Waals surface area (Å²) in [6, 6.07) is 7.77. The molecule has 18 heavy (non-hydrogen) atoms. The van der Waals surface area contributed by atoms with Gasteiger partial charge in [0.2, 0.25) is 5.95 Å². The van der Waals surface area contributed by atoms with Gasteiger partial charge in [0.05, 0.1) is 6.04 Å². The zero-order valence-electron chi connectivity index (χ0n) is 10.3. The minimum Gasteiger partial charge on any atom is -0.368 e. The number of anilines is 2. The lowest BCUT2D eigenvalue weighted by Crippen LogP contribution is -2.11. The molecular formula is C13H15ClN4. The van der Waals surface area contributed by atoms with E-state index in [1.54, 1.807) is 6.20 Å². The van der Waals surface area contributed by atoms with Crippen LogP contribution in [0.3, 0.4) is 0 Å². The van der Waals surface area contributed by atoms with Crippen molar-refractivity contribution >= 4 is 23.4 Å². The lowest BCUT2D eigenvalue weighted by Gasteiger charge is -2.17. The summed E-state index contributed by atoms with van der Waals surface area (Å²) in [5.74, 6) is 0.990. The van der Waals surface area contributed by atoms with Crippen LogP contribution in [0.25, 0.3) is 0 Å². The molecule has 0 fully saturated rings. The number of hydrogen-bond donors (Lipinski definition) is 2. The summed E-state index contributed by atoms with van der Waals surface area (Å²) in [6.07, 6.45) is 1.70. The quantitative estimate of drug-likeness (QED) is 0.892. The summed E-state index contributed by atoms with van der Waals surface area (Å²) in [7, 11) is 0. The molecule has 0 spiro atoms. The highest BCUT2D eigenvalue weighted by Crippen LogP contribution is 2.26. The minimum atomic E-state index is 0.0479. The van der Waals surface area contributed by atoms with Gasteiger partial charge in [-0.1, -0.05) is 29.8 Å². The van der Waals surface area contributed by atoms with Gasteiger partial charge in [0, 0.05) is 16.8 Å². The second kappa shape index (κ2) is 5.23. The number of nitrogens with one attached hydrogen (secondary N) is 1. The van der Waals surface area contributed by atoms with E-state index in [0.717, 1.165) is 22.0 Å². The molecule has 0 saturated carbocycles. The largest absolute Gasteiger partial charge is 0.368 e. The molecule has 1 heterocycles. The number of rotatable bonds is 3. The molecule has 0 saturated heterocycles. The van der Waals surface area contributed by atoms with Crippen LogP contribution >= 0.6 is 11.6 Å². The normalized spacial score (nSPS) is 12.2. The fourth-order valence-electron chi connectivity index (χ4n) is 1.71. The van der Waals surface area contributed by atoms with Crippen LogP contribution < -0.4 is 11.1 Å². The fourth-order valence-corrected chi connectivity index (χ4v) is 2.01. The van der Waals surface area contributed by atoms with Gasteiger partial charge < -0.3 is 11.1 Å². The van der Waals surface area contributed by atoms with E-state index >= 15 is 0 Å². The molecule has 1 unspecified atom stereocenters. The van der Waals surface area contributed by atoms with Gasteiger partial charge in [-0.15, -0.1) is 0 Å². The Bertz CT molecular complexity index is 556. The highest BCUT2D eigenvalue weighted by Gasteiger charge is 2.11. The third-order valence-electron chi connectivity index (χ3n) is 2.72. The molecule has 1 aromatic heterocycles. The number of hydrogen-bond acceptors (Lipinski definition) is 4. The first-order valence-corrected chi connectivity index (χ1v) is 6.06. The van der Waals surface area contributed by atoms with Crippen LogP contribution in [0.1, 0.15) is 24.1 Å². The van der Waals surface area contributed by atoms with Gasteiger partial charge in [0.1, 0.15) is 5.82 Å². The number of halogens is 1. The first kappa shape index (κ1) is 12.6. The number of aromatic nitrogens is 2. The third kappa shape index (κ3) is 2.71. The van der Waals surface area contributed by atoms with Crippen molar-refractivity contribution < 1.29 is 0 Å². The maximum atomic E-state index is 6.16. The molecule has 5 heteroatoms. The smallest absolute Gasteiger partial charge is 0.221 e. The minimum absolute atomic E-state index is 0.0479. The van der Waals surface area contributed by atoms with Crippen molar-refractivity contribution in [1.29, 1.82) is 0 Å². The zero-order chi connectivity index (χ0) is 13.1. The van der Waals surface area contributed by atoms with Gasteiger partial charge in [-0.2, -0.15) is 4.98 Å². The van der Waals surface area contributed by atoms with Gasteiger partial charge in [0.25, 0.3) is 0 Å². The number of nitrogen functional groups attached to an aromatic ring is 1. The standard InChI is InChI=1S/C13H15ClN4/c1-8-7-16-13(15)18-12(8)17-9(2)10-5-3-4-6-11(10)14/h3-7,9H,1-2H3,(H3,15,16,17,18). The Kier molecular flexibility index (Phi) is 3.67. The summed E-state index contributed by atoms with van der Waals surface area (Å²) in [4.78, 5) is 8.12. The van der Waals surface area contributed by atoms with Crippen LogP contribution in [0.15, 0.2) is 30.5 Å². The average Bonchev–Trinajstić information content (AvgIpc) is 2.34.